The summed E-state index contributed by atoms with van der Waals surface area (Å²) in [5.41, 5.74) is 3.90. The second-order valence-electron chi connectivity index (χ2n) is 3.07. The standard InChI is InChI=1S/C11H6OS/c12-11-8-4-2-1-3-7(8)9-5-13-6-10(9)11/h1-6H. The van der Waals surface area contributed by atoms with E-state index in [1.807, 2.05) is 35.0 Å². The summed E-state index contributed by atoms with van der Waals surface area (Å²) in [5.74, 6) is 0.173. The molecule has 2 heteroatoms. The van der Waals surface area contributed by atoms with Gasteiger partial charge in [0.1, 0.15) is 0 Å². The van der Waals surface area contributed by atoms with Gasteiger partial charge in [-0.1, -0.05) is 24.3 Å². The molecule has 0 bridgehead atoms. The van der Waals surface area contributed by atoms with Gasteiger partial charge in [-0.25, -0.2) is 0 Å². The summed E-state index contributed by atoms with van der Waals surface area (Å²) >= 11 is 1.59. The predicted molar refractivity (Wildman–Crippen MR) is 53.2 cm³/mol. The van der Waals surface area contributed by atoms with Gasteiger partial charge < -0.3 is 0 Å². The molecule has 1 aromatic heterocycles. The van der Waals surface area contributed by atoms with E-state index in [4.69, 9.17) is 0 Å². The van der Waals surface area contributed by atoms with Gasteiger partial charge in [0.15, 0.2) is 5.78 Å². The van der Waals surface area contributed by atoms with Crippen LogP contribution in [0.1, 0.15) is 15.9 Å². The molecule has 0 N–H and O–H groups in total. The third-order valence-corrected chi connectivity index (χ3v) is 3.11. The number of carbonyl (C=O) groups is 1. The number of rotatable bonds is 0. The minimum absolute atomic E-state index is 0.173. The monoisotopic (exact) mass is 186 g/mol. The Balaban J connectivity index is 2.43. The molecule has 13 heavy (non-hydrogen) atoms. The molecule has 0 spiro atoms. The van der Waals surface area contributed by atoms with Crippen molar-refractivity contribution < 1.29 is 4.79 Å². The van der Waals surface area contributed by atoms with Crippen LogP contribution in [0, 0.1) is 0 Å². The van der Waals surface area contributed by atoms with Gasteiger partial charge in [0, 0.05) is 22.1 Å². The highest BCUT2D eigenvalue weighted by molar-refractivity contribution is 7.08. The van der Waals surface area contributed by atoms with E-state index in [9.17, 15) is 4.79 Å². The van der Waals surface area contributed by atoms with E-state index < -0.39 is 0 Å². The summed E-state index contributed by atoms with van der Waals surface area (Å²) in [4.78, 5) is 11.8. The van der Waals surface area contributed by atoms with Crippen molar-refractivity contribution in [3.63, 3.8) is 0 Å². The quantitative estimate of drug-likeness (QED) is 0.527. The molecule has 0 amide bonds. The van der Waals surface area contributed by atoms with Gasteiger partial charge in [-0.15, -0.1) is 0 Å². The predicted octanol–water partition coefficient (Wildman–Crippen LogP) is 2.96. The summed E-state index contributed by atoms with van der Waals surface area (Å²) < 4.78 is 0. The topological polar surface area (TPSA) is 17.1 Å². The Morgan fingerprint density at radius 1 is 0.846 bits per heavy atom. The fourth-order valence-electron chi connectivity index (χ4n) is 1.74. The molecule has 1 aromatic carbocycles. The molecule has 0 unspecified atom stereocenters. The highest BCUT2D eigenvalue weighted by atomic mass is 32.1. The normalized spacial score (nSPS) is 12.8. The van der Waals surface area contributed by atoms with Gasteiger partial charge >= 0.3 is 0 Å². The highest BCUT2D eigenvalue weighted by Crippen LogP contribution is 2.38. The van der Waals surface area contributed by atoms with E-state index in [1.54, 1.807) is 11.3 Å². The third-order valence-electron chi connectivity index (χ3n) is 2.37. The summed E-state index contributed by atoms with van der Waals surface area (Å²) in [6.07, 6.45) is 0. The Morgan fingerprint density at radius 3 is 2.38 bits per heavy atom. The Morgan fingerprint density at radius 2 is 1.54 bits per heavy atom. The molecule has 1 aliphatic rings. The van der Waals surface area contributed by atoms with E-state index in [0.29, 0.717) is 0 Å². The lowest BCUT2D eigenvalue weighted by atomic mass is 10.1. The lowest BCUT2D eigenvalue weighted by Crippen LogP contribution is -1.92. The number of ketones is 1. The van der Waals surface area contributed by atoms with Crippen molar-refractivity contribution in [2.24, 2.45) is 0 Å². The number of carbonyl (C=O) groups excluding carboxylic acids is 1. The second kappa shape index (κ2) is 2.30. The Bertz CT molecular complexity index is 496. The molecule has 1 nitrogen and oxygen atoms in total. The molecule has 0 radical (unpaired) electrons. The molecule has 0 saturated heterocycles. The maximum atomic E-state index is 11.8. The van der Waals surface area contributed by atoms with Crippen molar-refractivity contribution in [2.75, 3.05) is 0 Å². The molecule has 62 valence electrons. The smallest absolute Gasteiger partial charge is 0.195 e. The SMILES string of the molecule is O=C1c2ccccc2-c2cscc21. The average molecular weight is 186 g/mol. The van der Waals surface area contributed by atoms with Gasteiger partial charge in [0.25, 0.3) is 0 Å². The fourth-order valence-corrected chi connectivity index (χ4v) is 2.57. The number of hydrogen-bond acceptors (Lipinski definition) is 2. The summed E-state index contributed by atoms with van der Waals surface area (Å²) in [5, 5.41) is 3.97. The van der Waals surface area contributed by atoms with Crippen LogP contribution in [-0.4, -0.2) is 5.78 Å². The van der Waals surface area contributed by atoms with E-state index in [0.717, 1.165) is 22.3 Å². The average Bonchev–Trinajstić information content (AvgIpc) is 2.72. The maximum absolute atomic E-state index is 11.8. The number of fused-ring (bicyclic) bond motifs is 3. The van der Waals surface area contributed by atoms with Gasteiger partial charge in [0.05, 0.1) is 0 Å². The fraction of sp³-hybridized carbons (Fsp3) is 0. The van der Waals surface area contributed by atoms with Crippen LogP contribution < -0.4 is 0 Å². The highest BCUT2D eigenvalue weighted by Gasteiger charge is 2.26. The zero-order valence-corrected chi connectivity index (χ0v) is 7.60. The van der Waals surface area contributed by atoms with Crippen LogP contribution in [0.3, 0.4) is 0 Å². The Labute approximate surface area is 79.6 Å². The first-order valence-electron chi connectivity index (χ1n) is 4.08. The summed E-state index contributed by atoms with van der Waals surface area (Å²) in [7, 11) is 0. The number of hydrogen-bond donors (Lipinski definition) is 0. The van der Waals surface area contributed by atoms with Gasteiger partial charge in [-0.2, -0.15) is 11.3 Å². The maximum Gasteiger partial charge on any atom is 0.195 e. The summed E-state index contributed by atoms with van der Waals surface area (Å²) in [6.45, 7) is 0. The molecular weight excluding hydrogens is 180 g/mol. The Hall–Kier alpha value is -1.41. The van der Waals surface area contributed by atoms with E-state index >= 15 is 0 Å². The lowest BCUT2D eigenvalue weighted by molar-refractivity contribution is 0.104. The largest absolute Gasteiger partial charge is 0.289 e. The van der Waals surface area contributed by atoms with Crippen molar-refractivity contribution in [3.05, 3.63) is 46.2 Å². The number of thiophene rings is 1. The van der Waals surface area contributed by atoms with Crippen LogP contribution in [0.2, 0.25) is 0 Å². The minimum Gasteiger partial charge on any atom is -0.289 e. The van der Waals surface area contributed by atoms with Crippen LogP contribution in [0.5, 0.6) is 0 Å². The van der Waals surface area contributed by atoms with E-state index in [-0.39, 0.29) is 5.78 Å². The molecule has 0 aliphatic heterocycles. The van der Waals surface area contributed by atoms with Crippen LogP contribution in [0.25, 0.3) is 11.1 Å². The van der Waals surface area contributed by atoms with Crippen molar-refractivity contribution >= 4 is 17.1 Å². The van der Waals surface area contributed by atoms with Gasteiger partial charge in [-0.05, 0) is 10.9 Å². The van der Waals surface area contributed by atoms with Crippen LogP contribution in [0.15, 0.2) is 35.0 Å². The molecule has 0 saturated carbocycles. The van der Waals surface area contributed by atoms with Gasteiger partial charge in [0.2, 0.25) is 0 Å². The van der Waals surface area contributed by atoms with E-state index in [1.165, 1.54) is 0 Å². The van der Waals surface area contributed by atoms with Crippen molar-refractivity contribution in [1.82, 2.24) is 0 Å². The molecule has 3 rings (SSSR count). The molecule has 0 atom stereocenters. The molecule has 2 aromatic rings. The molecule has 1 aliphatic carbocycles. The minimum atomic E-state index is 0.173. The third kappa shape index (κ3) is 0.783. The van der Waals surface area contributed by atoms with Crippen LogP contribution in [-0.2, 0) is 0 Å². The first-order valence-corrected chi connectivity index (χ1v) is 5.02. The second-order valence-corrected chi connectivity index (χ2v) is 3.82. The molecule has 1 heterocycles. The van der Waals surface area contributed by atoms with E-state index in [2.05, 4.69) is 0 Å². The van der Waals surface area contributed by atoms with Crippen LogP contribution >= 0.6 is 11.3 Å². The molecule has 0 fully saturated rings. The van der Waals surface area contributed by atoms with Crippen LogP contribution in [0.4, 0.5) is 0 Å². The van der Waals surface area contributed by atoms with Crippen molar-refractivity contribution in [2.45, 2.75) is 0 Å². The Kier molecular flexibility index (Phi) is 1.24. The zero-order chi connectivity index (χ0) is 8.84. The zero-order valence-electron chi connectivity index (χ0n) is 6.78. The number of benzene rings is 1. The first kappa shape index (κ1) is 7.04. The molecular formula is C11H6OS. The summed E-state index contributed by atoms with van der Waals surface area (Å²) in [6, 6.07) is 7.78. The lowest BCUT2D eigenvalue weighted by Gasteiger charge is -1.94. The van der Waals surface area contributed by atoms with Crippen molar-refractivity contribution in [3.8, 4) is 11.1 Å². The van der Waals surface area contributed by atoms with Crippen molar-refractivity contribution in [1.29, 1.82) is 0 Å². The van der Waals surface area contributed by atoms with Gasteiger partial charge in [-0.3, -0.25) is 4.79 Å². The first-order chi connectivity index (χ1) is 6.38.